The molecule has 0 saturated carbocycles. The molecule has 4 aromatic rings. The van der Waals surface area contributed by atoms with Gasteiger partial charge in [-0.2, -0.15) is 5.10 Å². The SMILES string of the molecule is CC(=O)NC(C)c1cc2nccc(-c3cc(Cl)cc4c3O[C@@H](c3c5c(nn3C)CCCC5)C4)c2s1. The van der Waals surface area contributed by atoms with E-state index in [1.165, 1.54) is 36.7 Å². The van der Waals surface area contributed by atoms with E-state index in [4.69, 9.17) is 21.4 Å². The molecule has 0 spiro atoms. The van der Waals surface area contributed by atoms with E-state index in [9.17, 15) is 4.79 Å². The van der Waals surface area contributed by atoms with E-state index >= 15 is 0 Å². The molecule has 1 N–H and O–H groups in total. The Labute approximate surface area is 213 Å². The van der Waals surface area contributed by atoms with Gasteiger partial charge in [-0.05, 0) is 56.9 Å². The van der Waals surface area contributed by atoms with Gasteiger partial charge in [-0.25, -0.2) is 0 Å². The summed E-state index contributed by atoms with van der Waals surface area (Å²) in [4.78, 5) is 17.2. The number of ether oxygens (including phenoxy) is 1. The number of rotatable bonds is 4. The number of thiophene rings is 1. The molecule has 1 unspecified atom stereocenters. The van der Waals surface area contributed by atoms with Gasteiger partial charge in [0.25, 0.3) is 0 Å². The predicted octanol–water partition coefficient (Wildman–Crippen LogP) is 6.10. The zero-order valence-electron chi connectivity index (χ0n) is 20.0. The Balaban J connectivity index is 1.42. The van der Waals surface area contributed by atoms with Gasteiger partial charge in [0.1, 0.15) is 11.9 Å². The van der Waals surface area contributed by atoms with Crippen LogP contribution in [0, 0.1) is 0 Å². The van der Waals surface area contributed by atoms with Crippen molar-refractivity contribution in [2.45, 2.75) is 58.1 Å². The summed E-state index contributed by atoms with van der Waals surface area (Å²) in [7, 11) is 2.03. The summed E-state index contributed by atoms with van der Waals surface area (Å²) in [6, 6.07) is 8.02. The summed E-state index contributed by atoms with van der Waals surface area (Å²) in [5.74, 6) is 0.843. The van der Waals surface area contributed by atoms with Crippen LogP contribution in [0.3, 0.4) is 0 Å². The van der Waals surface area contributed by atoms with Gasteiger partial charge in [-0.1, -0.05) is 11.6 Å². The molecule has 6 nitrogen and oxygen atoms in total. The third kappa shape index (κ3) is 3.91. The quantitative estimate of drug-likeness (QED) is 0.363. The van der Waals surface area contributed by atoms with Crippen LogP contribution < -0.4 is 10.1 Å². The second-order valence-corrected chi connectivity index (χ2v) is 11.1. The molecule has 1 aromatic carbocycles. The van der Waals surface area contributed by atoms with Crippen LogP contribution in [-0.2, 0) is 31.1 Å². The van der Waals surface area contributed by atoms with Gasteiger partial charge >= 0.3 is 0 Å². The first kappa shape index (κ1) is 22.6. The van der Waals surface area contributed by atoms with Gasteiger partial charge in [0.05, 0.1) is 27.6 Å². The van der Waals surface area contributed by atoms with Gasteiger partial charge < -0.3 is 10.1 Å². The molecule has 6 rings (SSSR count). The topological polar surface area (TPSA) is 69.0 Å². The fourth-order valence-electron chi connectivity index (χ4n) is 5.54. The molecule has 0 fully saturated rings. The maximum atomic E-state index is 11.6. The molecule has 3 aromatic heterocycles. The highest BCUT2D eigenvalue weighted by molar-refractivity contribution is 7.19. The Bertz CT molecular complexity index is 1470. The number of benzene rings is 1. The van der Waals surface area contributed by atoms with E-state index < -0.39 is 0 Å². The van der Waals surface area contributed by atoms with Crippen LogP contribution in [0.1, 0.15) is 66.2 Å². The monoisotopic (exact) mass is 506 g/mol. The highest BCUT2D eigenvalue weighted by Crippen LogP contribution is 2.48. The first-order valence-electron chi connectivity index (χ1n) is 12.1. The molecule has 0 radical (unpaired) electrons. The Morgan fingerprint density at radius 1 is 1.26 bits per heavy atom. The summed E-state index contributed by atoms with van der Waals surface area (Å²) in [5.41, 5.74) is 7.85. The second kappa shape index (κ2) is 8.64. The number of aromatic nitrogens is 3. The second-order valence-electron chi connectivity index (χ2n) is 9.54. The molecule has 4 heterocycles. The highest BCUT2D eigenvalue weighted by atomic mass is 35.5. The normalized spacial score (nSPS) is 17.7. The van der Waals surface area contributed by atoms with Crippen molar-refractivity contribution in [3.8, 4) is 16.9 Å². The number of aryl methyl sites for hydroxylation is 2. The largest absolute Gasteiger partial charge is 0.483 e. The zero-order chi connectivity index (χ0) is 24.3. The van der Waals surface area contributed by atoms with Crippen molar-refractivity contribution in [1.82, 2.24) is 20.1 Å². The lowest BCUT2D eigenvalue weighted by atomic mass is 9.93. The highest BCUT2D eigenvalue weighted by Gasteiger charge is 2.34. The number of pyridine rings is 1. The first-order valence-corrected chi connectivity index (χ1v) is 13.3. The Hall–Kier alpha value is -2.90. The Morgan fingerprint density at radius 2 is 2.09 bits per heavy atom. The lowest BCUT2D eigenvalue weighted by molar-refractivity contribution is -0.119. The minimum atomic E-state index is -0.0822. The number of hydrogen-bond donors (Lipinski definition) is 1. The minimum absolute atomic E-state index is 0.0485. The van der Waals surface area contributed by atoms with Gasteiger partial charge in [-0.3, -0.25) is 14.5 Å². The van der Waals surface area contributed by atoms with Crippen molar-refractivity contribution in [2.75, 3.05) is 0 Å². The van der Waals surface area contributed by atoms with Crippen molar-refractivity contribution in [1.29, 1.82) is 0 Å². The maximum absolute atomic E-state index is 11.6. The van der Waals surface area contributed by atoms with E-state index in [-0.39, 0.29) is 18.1 Å². The summed E-state index contributed by atoms with van der Waals surface area (Å²) in [6.45, 7) is 3.53. The first-order chi connectivity index (χ1) is 16.9. The van der Waals surface area contributed by atoms with Crippen LogP contribution >= 0.6 is 22.9 Å². The van der Waals surface area contributed by atoms with Crippen LogP contribution in [0.25, 0.3) is 21.3 Å². The van der Waals surface area contributed by atoms with E-state index in [1.54, 1.807) is 11.3 Å². The molecule has 2 aliphatic rings. The number of amides is 1. The van der Waals surface area contributed by atoms with Crippen LogP contribution in [0.15, 0.2) is 30.5 Å². The van der Waals surface area contributed by atoms with Crippen LogP contribution in [0.2, 0.25) is 5.02 Å². The number of nitrogens with zero attached hydrogens (tertiary/aromatic N) is 3. The Kier molecular flexibility index (Phi) is 5.57. The average Bonchev–Trinajstić information content (AvgIpc) is 3.51. The molecule has 35 heavy (non-hydrogen) atoms. The van der Waals surface area contributed by atoms with E-state index in [0.29, 0.717) is 5.02 Å². The molecular weight excluding hydrogens is 480 g/mol. The zero-order valence-corrected chi connectivity index (χ0v) is 21.6. The number of carbonyl (C=O) groups excluding carboxylic acids is 1. The third-order valence-electron chi connectivity index (χ3n) is 7.04. The van der Waals surface area contributed by atoms with E-state index in [0.717, 1.165) is 56.8 Å². The van der Waals surface area contributed by atoms with Crippen LogP contribution in [-0.4, -0.2) is 20.7 Å². The number of hydrogen-bond acceptors (Lipinski definition) is 5. The summed E-state index contributed by atoms with van der Waals surface area (Å²) >= 11 is 8.28. The lowest BCUT2D eigenvalue weighted by Crippen LogP contribution is -2.22. The molecule has 0 saturated heterocycles. The van der Waals surface area contributed by atoms with Gasteiger partial charge in [0.2, 0.25) is 5.91 Å². The minimum Gasteiger partial charge on any atom is -0.483 e. The standard InChI is InChI=1S/C27H27ClN4O2S/c1-14(30-15(2)33)24-13-22-27(35-24)18(8-9-29-22)20-12-17(28)10-16-11-23(34-26(16)20)25-19-6-4-5-7-21(19)31-32(25)3/h8-10,12-14,23H,4-7,11H2,1-3H3,(H,30,33)/t14?,23-/m1/s1. The van der Waals surface area contributed by atoms with Crippen molar-refractivity contribution in [2.24, 2.45) is 7.05 Å². The maximum Gasteiger partial charge on any atom is 0.217 e. The molecule has 180 valence electrons. The number of carbonyl (C=O) groups is 1. The summed E-state index contributed by atoms with van der Waals surface area (Å²) in [5, 5.41) is 8.48. The number of fused-ring (bicyclic) bond motifs is 3. The number of nitrogens with one attached hydrogen (secondary N) is 1. The molecule has 8 heteroatoms. The average molecular weight is 507 g/mol. The lowest BCUT2D eigenvalue weighted by Gasteiger charge is -2.17. The van der Waals surface area contributed by atoms with E-state index in [1.807, 2.05) is 43.0 Å². The smallest absolute Gasteiger partial charge is 0.217 e. The van der Waals surface area contributed by atoms with Crippen molar-refractivity contribution >= 4 is 39.1 Å². The fourth-order valence-corrected chi connectivity index (χ4v) is 6.93. The van der Waals surface area contributed by atoms with Gasteiger partial charge in [-0.15, -0.1) is 11.3 Å². The van der Waals surface area contributed by atoms with Gasteiger partial charge in [0, 0.05) is 58.7 Å². The fraction of sp³-hybridized carbons (Fsp3) is 0.370. The van der Waals surface area contributed by atoms with Crippen LogP contribution in [0.5, 0.6) is 5.75 Å². The molecule has 1 amide bonds. The molecular formula is C27H27ClN4O2S. The molecule has 2 atom stereocenters. The molecule has 0 bridgehead atoms. The molecule has 1 aliphatic carbocycles. The van der Waals surface area contributed by atoms with Gasteiger partial charge in [0.15, 0.2) is 0 Å². The predicted molar refractivity (Wildman–Crippen MR) is 139 cm³/mol. The van der Waals surface area contributed by atoms with Crippen LogP contribution in [0.4, 0.5) is 0 Å². The van der Waals surface area contributed by atoms with Crippen molar-refractivity contribution in [3.63, 3.8) is 0 Å². The molecule has 1 aliphatic heterocycles. The third-order valence-corrected chi connectivity index (χ3v) is 8.59. The van der Waals surface area contributed by atoms with E-state index in [2.05, 4.69) is 16.4 Å². The Morgan fingerprint density at radius 3 is 2.91 bits per heavy atom. The van der Waals surface area contributed by atoms with Crippen molar-refractivity contribution in [3.05, 3.63) is 62.9 Å². The summed E-state index contributed by atoms with van der Waals surface area (Å²) < 4.78 is 9.79. The summed E-state index contributed by atoms with van der Waals surface area (Å²) in [6.07, 6.45) is 7.06. The number of halogens is 1. The van der Waals surface area contributed by atoms with Crippen molar-refractivity contribution < 1.29 is 9.53 Å².